The molecule has 2 heterocycles. The van der Waals surface area contributed by atoms with Gasteiger partial charge in [0.2, 0.25) is 5.91 Å². The summed E-state index contributed by atoms with van der Waals surface area (Å²) in [5.41, 5.74) is 4.28. The van der Waals surface area contributed by atoms with Crippen molar-refractivity contribution < 1.29 is 14.3 Å². The van der Waals surface area contributed by atoms with E-state index in [0.717, 1.165) is 35.3 Å². The normalized spacial score (nSPS) is 13.1. The lowest BCUT2D eigenvalue weighted by molar-refractivity contribution is -0.118. The predicted molar refractivity (Wildman–Crippen MR) is 110 cm³/mol. The number of benzene rings is 2. The van der Waals surface area contributed by atoms with Gasteiger partial charge in [0, 0.05) is 24.8 Å². The molecule has 0 unspecified atom stereocenters. The second-order valence-corrected chi connectivity index (χ2v) is 7.07. The van der Waals surface area contributed by atoms with Crippen LogP contribution in [0.15, 0.2) is 60.9 Å². The Hall–Kier alpha value is -3.41. The fourth-order valence-corrected chi connectivity index (χ4v) is 3.78. The third kappa shape index (κ3) is 3.92. The summed E-state index contributed by atoms with van der Waals surface area (Å²) in [6, 6.07) is 15.4. The first kappa shape index (κ1) is 18.9. The molecule has 1 aliphatic rings. The highest BCUT2D eigenvalue weighted by Crippen LogP contribution is 2.31. The van der Waals surface area contributed by atoms with Crippen LogP contribution in [0.4, 0.5) is 5.69 Å². The molecule has 1 aromatic heterocycles. The molecule has 0 spiro atoms. The number of aryl methyl sites for hydroxylation is 1. The monoisotopic (exact) mass is 389 g/mol. The number of esters is 1. The van der Waals surface area contributed by atoms with Crippen molar-refractivity contribution in [2.24, 2.45) is 0 Å². The summed E-state index contributed by atoms with van der Waals surface area (Å²) in [5, 5.41) is 4.39. The minimum Gasteiger partial charge on any atom is -0.465 e. The number of amides is 1. The van der Waals surface area contributed by atoms with E-state index in [1.54, 1.807) is 23.2 Å². The average Bonchev–Trinajstić information content (AvgIpc) is 3.26. The Balaban J connectivity index is 1.47. The molecular formula is C23H23N3O3. The zero-order valence-electron chi connectivity index (χ0n) is 16.4. The number of carbonyl (C=O) groups excluding carboxylic acids is 2. The Labute approximate surface area is 169 Å². The number of rotatable bonds is 5. The zero-order valence-corrected chi connectivity index (χ0v) is 16.4. The van der Waals surface area contributed by atoms with Crippen molar-refractivity contribution in [3.05, 3.63) is 77.6 Å². The number of fused-ring (bicyclic) bond motifs is 1. The number of ether oxygens (including phenoxy) is 1. The van der Waals surface area contributed by atoms with Crippen LogP contribution in [0.2, 0.25) is 0 Å². The Kier molecular flexibility index (Phi) is 5.42. The second kappa shape index (κ2) is 8.31. The topological polar surface area (TPSA) is 64.4 Å². The molecule has 6 heteroatoms. The van der Waals surface area contributed by atoms with Crippen molar-refractivity contribution in [1.29, 1.82) is 0 Å². The first-order valence-corrected chi connectivity index (χ1v) is 9.77. The molecule has 0 aliphatic carbocycles. The predicted octanol–water partition coefficient (Wildman–Crippen LogP) is 3.57. The van der Waals surface area contributed by atoms with Crippen LogP contribution >= 0.6 is 0 Å². The van der Waals surface area contributed by atoms with Crippen molar-refractivity contribution >= 4 is 17.6 Å². The number of methoxy groups -OCH3 is 1. The van der Waals surface area contributed by atoms with Crippen LogP contribution in [-0.2, 0) is 22.4 Å². The molecule has 0 fully saturated rings. The maximum Gasteiger partial charge on any atom is 0.338 e. The van der Waals surface area contributed by atoms with Gasteiger partial charge >= 0.3 is 5.97 Å². The lowest BCUT2D eigenvalue weighted by atomic mass is 9.95. The van der Waals surface area contributed by atoms with Gasteiger partial charge in [-0.15, -0.1) is 0 Å². The molecule has 0 saturated heterocycles. The molecule has 1 aliphatic heterocycles. The van der Waals surface area contributed by atoms with Gasteiger partial charge in [-0.1, -0.05) is 24.3 Å². The van der Waals surface area contributed by atoms with Crippen LogP contribution in [0.3, 0.4) is 0 Å². The van der Waals surface area contributed by atoms with Crippen LogP contribution in [0.1, 0.15) is 34.3 Å². The molecule has 0 radical (unpaired) electrons. The third-order valence-corrected chi connectivity index (χ3v) is 5.24. The van der Waals surface area contributed by atoms with Crippen molar-refractivity contribution in [3.63, 3.8) is 0 Å². The molecule has 0 N–H and O–H groups in total. The largest absolute Gasteiger partial charge is 0.465 e. The van der Waals surface area contributed by atoms with Crippen molar-refractivity contribution in [3.8, 4) is 5.69 Å². The van der Waals surface area contributed by atoms with E-state index < -0.39 is 0 Å². The Morgan fingerprint density at radius 3 is 2.72 bits per heavy atom. The molecule has 4 rings (SSSR count). The van der Waals surface area contributed by atoms with Crippen LogP contribution in [0.25, 0.3) is 5.69 Å². The van der Waals surface area contributed by atoms with Gasteiger partial charge < -0.3 is 9.64 Å². The van der Waals surface area contributed by atoms with Gasteiger partial charge in [0.05, 0.1) is 24.6 Å². The van der Waals surface area contributed by atoms with Gasteiger partial charge in [-0.2, -0.15) is 5.10 Å². The molecule has 148 valence electrons. The highest BCUT2D eigenvalue weighted by Gasteiger charge is 2.26. The van der Waals surface area contributed by atoms with E-state index in [9.17, 15) is 9.59 Å². The van der Waals surface area contributed by atoms with Gasteiger partial charge in [-0.25, -0.2) is 9.48 Å². The standard InChI is InChI=1S/C23H23N3O3/c1-29-23(28)20-9-5-11-21-19(20)10-6-14-25(21)22(27)13-12-17-15-24-26(16-17)18-7-3-2-4-8-18/h2-5,7-9,11,15-16H,6,10,12-14H2,1H3. The zero-order chi connectivity index (χ0) is 20.2. The summed E-state index contributed by atoms with van der Waals surface area (Å²) in [6.07, 6.45) is 6.38. The van der Waals surface area contributed by atoms with E-state index in [1.807, 2.05) is 47.3 Å². The summed E-state index contributed by atoms with van der Waals surface area (Å²) in [7, 11) is 1.38. The Morgan fingerprint density at radius 2 is 1.93 bits per heavy atom. The average molecular weight is 389 g/mol. The first-order valence-electron chi connectivity index (χ1n) is 9.77. The SMILES string of the molecule is COC(=O)c1cccc2c1CCCN2C(=O)CCc1cnn(-c2ccccc2)c1. The minimum absolute atomic E-state index is 0.0560. The number of anilines is 1. The van der Waals surface area contributed by atoms with E-state index in [0.29, 0.717) is 24.9 Å². The van der Waals surface area contributed by atoms with Crippen LogP contribution in [0, 0.1) is 0 Å². The first-order chi connectivity index (χ1) is 14.2. The highest BCUT2D eigenvalue weighted by molar-refractivity contribution is 5.98. The van der Waals surface area contributed by atoms with E-state index in [1.165, 1.54) is 7.11 Å². The molecule has 3 aromatic rings. The molecular weight excluding hydrogens is 366 g/mol. The van der Waals surface area contributed by atoms with Crippen LogP contribution in [0.5, 0.6) is 0 Å². The smallest absolute Gasteiger partial charge is 0.338 e. The number of para-hydroxylation sites is 1. The van der Waals surface area contributed by atoms with Gasteiger partial charge in [0.25, 0.3) is 0 Å². The number of aromatic nitrogens is 2. The van der Waals surface area contributed by atoms with Crippen LogP contribution in [-0.4, -0.2) is 35.3 Å². The third-order valence-electron chi connectivity index (χ3n) is 5.24. The maximum absolute atomic E-state index is 12.9. The van der Waals surface area contributed by atoms with Crippen molar-refractivity contribution in [1.82, 2.24) is 9.78 Å². The van der Waals surface area contributed by atoms with Gasteiger partial charge in [-0.05, 0) is 54.7 Å². The summed E-state index contributed by atoms with van der Waals surface area (Å²) >= 11 is 0. The summed E-state index contributed by atoms with van der Waals surface area (Å²) in [5.74, 6) is -0.301. The lowest BCUT2D eigenvalue weighted by Crippen LogP contribution is -2.36. The van der Waals surface area contributed by atoms with Crippen LogP contribution < -0.4 is 4.90 Å². The van der Waals surface area contributed by atoms with Gasteiger partial charge in [-0.3, -0.25) is 4.79 Å². The van der Waals surface area contributed by atoms with E-state index >= 15 is 0 Å². The fraction of sp³-hybridized carbons (Fsp3) is 0.261. The number of hydrogen-bond donors (Lipinski definition) is 0. The Morgan fingerprint density at radius 1 is 1.10 bits per heavy atom. The molecule has 0 saturated carbocycles. The van der Waals surface area contributed by atoms with Gasteiger partial charge in [0.1, 0.15) is 0 Å². The summed E-state index contributed by atoms with van der Waals surface area (Å²) in [4.78, 5) is 26.8. The fourth-order valence-electron chi connectivity index (χ4n) is 3.78. The molecule has 2 aromatic carbocycles. The number of hydrogen-bond acceptors (Lipinski definition) is 4. The molecule has 0 atom stereocenters. The van der Waals surface area contributed by atoms with Crippen molar-refractivity contribution in [2.75, 3.05) is 18.6 Å². The van der Waals surface area contributed by atoms with E-state index in [-0.39, 0.29) is 11.9 Å². The summed E-state index contributed by atoms with van der Waals surface area (Å²) < 4.78 is 6.71. The molecule has 6 nitrogen and oxygen atoms in total. The lowest BCUT2D eigenvalue weighted by Gasteiger charge is -2.30. The van der Waals surface area contributed by atoms with Gasteiger partial charge in [0.15, 0.2) is 0 Å². The quantitative estimate of drug-likeness (QED) is 0.626. The van der Waals surface area contributed by atoms with Crippen molar-refractivity contribution in [2.45, 2.75) is 25.7 Å². The number of nitrogens with zero attached hydrogens (tertiary/aromatic N) is 3. The molecule has 29 heavy (non-hydrogen) atoms. The van der Waals surface area contributed by atoms with E-state index in [2.05, 4.69) is 5.10 Å². The number of carbonyl (C=O) groups is 2. The van der Waals surface area contributed by atoms with E-state index in [4.69, 9.17) is 4.74 Å². The maximum atomic E-state index is 12.9. The highest BCUT2D eigenvalue weighted by atomic mass is 16.5. The second-order valence-electron chi connectivity index (χ2n) is 7.07. The molecule has 0 bridgehead atoms. The molecule has 1 amide bonds. The minimum atomic E-state index is -0.357. The summed E-state index contributed by atoms with van der Waals surface area (Å²) in [6.45, 7) is 0.666. The Bertz CT molecular complexity index is 1030.